The lowest BCUT2D eigenvalue weighted by Crippen LogP contribution is -2.27. The standard InChI is InChI=1S/C13H18F3NO/c1-3-17-10(2)8-9-18-12-7-5-4-6-11(12)13(14,15)16/h4-7,10,17H,3,8-9H2,1-2H3. The van der Waals surface area contributed by atoms with E-state index in [1.54, 1.807) is 0 Å². The first-order valence-corrected chi connectivity index (χ1v) is 5.97. The molecule has 0 aliphatic carbocycles. The van der Waals surface area contributed by atoms with Crippen molar-refractivity contribution in [3.63, 3.8) is 0 Å². The molecule has 0 heterocycles. The van der Waals surface area contributed by atoms with Gasteiger partial charge < -0.3 is 10.1 Å². The van der Waals surface area contributed by atoms with Crippen molar-refractivity contribution in [2.45, 2.75) is 32.5 Å². The van der Waals surface area contributed by atoms with E-state index < -0.39 is 11.7 Å². The highest BCUT2D eigenvalue weighted by Crippen LogP contribution is 2.35. The van der Waals surface area contributed by atoms with E-state index >= 15 is 0 Å². The minimum Gasteiger partial charge on any atom is -0.493 e. The number of benzene rings is 1. The number of hydrogen-bond donors (Lipinski definition) is 1. The van der Waals surface area contributed by atoms with E-state index in [-0.39, 0.29) is 18.4 Å². The third-order valence-electron chi connectivity index (χ3n) is 2.55. The van der Waals surface area contributed by atoms with Gasteiger partial charge in [0.25, 0.3) is 0 Å². The highest BCUT2D eigenvalue weighted by Gasteiger charge is 2.33. The van der Waals surface area contributed by atoms with Crippen LogP contribution in [-0.4, -0.2) is 19.2 Å². The number of para-hydroxylation sites is 1. The Bertz CT molecular complexity index is 365. The molecule has 18 heavy (non-hydrogen) atoms. The molecule has 2 nitrogen and oxygen atoms in total. The van der Waals surface area contributed by atoms with Gasteiger partial charge in [-0.15, -0.1) is 0 Å². The van der Waals surface area contributed by atoms with E-state index in [9.17, 15) is 13.2 Å². The van der Waals surface area contributed by atoms with Gasteiger partial charge in [0.05, 0.1) is 12.2 Å². The third-order valence-corrected chi connectivity index (χ3v) is 2.55. The van der Waals surface area contributed by atoms with Crippen LogP contribution in [-0.2, 0) is 6.18 Å². The van der Waals surface area contributed by atoms with Crippen LogP contribution in [0.4, 0.5) is 13.2 Å². The number of hydrogen-bond acceptors (Lipinski definition) is 2. The fraction of sp³-hybridized carbons (Fsp3) is 0.538. The molecule has 0 aliphatic heterocycles. The zero-order valence-electron chi connectivity index (χ0n) is 10.6. The summed E-state index contributed by atoms with van der Waals surface area (Å²) in [6.45, 7) is 5.06. The molecule has 0 saturated carbocycles. The molecule has 1 N–H and O–H groups in total. The lowest BCUT2D eigenvalue weighted by molar-refractivity contribution is -0.138. The van der Waals surface area contributed by atoms with Crippen LogP contribution in [0.1, 0.15) is 25.8 Å². The summed E-state index contributed by atoms with van der Waals surface area (Å²) in [5.74, 6) is -0.103. The summed E-state index contributed by atoms with van der Waals surface area (Å²) < 4.78 is 43.2. The Morgan fingerprint density at radius 3 is 2.56 bits per heavy atom. The smallest absolute Gasteiger partial charge is 0.419 e. The van der Waals surface area contributed by atoms with Gasteiger partial charge in [0.1, 0.15) is 5.75 Å². The highest BCUT2D eigenvalue weighted by molar-refractivity contribution is 5.35. The lowest BCUT2D eigenvalue weighted by atomic mass is 10.2. The first-order chi connectivity index (χ1) is 8.45. The lowest BCUT2D eigenvalue weighted by Gasteiger charge is -2.16. The van der Waals surface area contributed by atoms with Crippen molar-refractivity contribution in [3.05, 3.63) is 29.8 Å². The molecule has 0 fully saturated rings. The second-order valence-electron chi connectivity index (χ2n) is 4.09. The van der Waals surface area contributed by atoms with Crippen LogP contribution in [0.2, 0.25) is 0 Å². The van der Waals surface area contributed by atoms with Gasteiger partial charge >= 0.3 is 6.18 Å². The Kier molecular flexibility index (Phi) is 5.47. The largest absolute Gasteiger partial charge is 0.493 e. The fourth-order valence-electron chi connectivity index (χ4n) is 1.62. The normalized spacial score (nSPS) is 13.4. The van der Waals surface area contributed by atoms with Gasteiger partial charge in [-0.3, -0.25) is 0 Å². The summed E-state index contributed by atoms with van der Waals surface area (Å²) >= 11 is 0. The highest BCUT2D eigenvalue weighted by atomic mass is 19.4. The summed E-state index contributed by atoms with van der Waals surface area (Å²) in [7, 11) is 0. The van der Waals surface area contributed by atoms with E-state index in [4.69, 9.17) is 4.74 Å². The maximum Gasteiger partial charge on any atom is 0.419 e. The Morgan fingerprint density at radius 1 is 1.28 bits per heavy atom. The van der Waals surface area contributed by atoms with Crippen LogP contribution < -0.4 is 10.1 Å². The molecular weight excluding hydrogens is 243 g/mol. The van der Waals surface area contributed by atoms with E-state index in [1.807, 2.05) is 13.8 Å². The van der Waals surface area contributed by atoms with Crippen molar-refractivity contribution in [2.75, 3.05) is 13.2 Å². The molecule has 0 bridgehead atoms. The van der Waals surface area contributed by atoms with Crippen LogP contribution in [0, 0.1) is 0 Å². The number of nitrogens with one attached hydrogen (secondary N) is 1. The Morgan fingerprint density at radius 2 is 1.94 bits per heavy atom. The average molecular weight is 261 g/mol. The van der Waals surface area contributed by atoms with Crippen LogP contribution in [0.3, 0.4) is 0 Å². The SMILES string of the molecule is CCNC(C)CCOc1ccccc1C(F)(F)F. The van der Waals surface area contributed by atoms with Gasteiger partial charge in [0.15, 0.2) is 0 Å². The van der Waals surface area contributed by atoms with E-state index in [0.29, 0.717) is 6.42 Å². The second-order valence-corrected chi connectivity index (χ2v) is 4.09. The summed E-state index contributed by atoms with van der Waals surface area (Å²) in [6, 6.07) is 5.51. The Hall–Kier alpha value is -1.23. The molecular formula is C13H18F3NO. The molecule has 102 valence electrons. The van der Waals surface area contributed by atoms with Crippen molar-refractivity contribution in [3.8, 4) is 5.75 Å². The summed E-state index contributed by atoms with van der Waals surface area (Å²) in [5, 5.41) is 3.17. The van der Waals surface area contributed by atoms with Crippen molar-refractivity contribution in [1.29, 1.82) is 0 Å². The monoisotopic (exact) mass is 261 g/mol. The molecule has 0 spiro atoms. The maximum atomic E-state index is 12.7. The van der Waals surface area contributed by atoms with E-state index in [2.05, 4.69) is 5.32 Å². The maximum absolute atomic E-state index is 12.7. The van der Waals surface area contributed by atoms with Crippen LogP contribution in [0.5, 0.6) is 5.75 Å². The van der Waals surface area contributed by atoms with Gasteiger partial charge in [-0.05, 0) is 32.0 Å². The van der Waals surface area contributed by atoms with E-state index in [1.165, 1.54) is 18.2 Å². The molecule has 0 aromatic heterocycles. The van der Waals surface area contributed by atoms with Gasteiger partial charge in [-0.2, -0.15) is 13.2 Å². The van der Waals surface area contributed by atoms with Crippen LogP contribution >= 0.6 is 0 Å². The van der Waals surface area contributed by atoms with Crippen LogP contribution in [0.25, 0.3) is 0 Å². The molecule has 0 saturated heterocycles. The average Bonchev–Trinajstić information content (AvgIpc) is 2.28. The Labute approximate surface area is 105 Å². The van der Waals surface area contributed by atoms with Crippen molar-refractivity contribution < 1.29 is 17.9 Å². The van der Waals surface area contributed by atoms with Crippen molar-refractivity contribution >= 4 is 0 Å². The third kappa shape index (κ3) is 4.56. The summed E-state index contributed by atoms with van der Waals surface area (Å²) in [5.41, 5.74) is -0.721. The quantitative estimate of drug-likeness (QED) is 0.846. The molecule has 1 atom stereocenters. The molecule has 1 aromatic rings. The molecule has 1 unspecified atom stereocenters. The van der Waals surface area contributed by atoms with Crippen molar-refractivity contribution in [1.82, 2.24) is 5.32 Å². The minimum atomic E-state index is -4.37. The first-order valence-electron chi connectivity index (χ1n) is 5.97. The Balaban J connectivity index is 2.57. The van der Waals surface area contributed by atoms with Gasteiger partial charge in [0.2, 0.25) is 0 Å². The van der Waals surface area contributed by atoms with Crippen molar-refractivity contribution in [2.24, 2.45) is 0 Å². The molecule has 1 rings (SSSR count). The fourth-order valence-corrected chi connectivity index (χ4v) is 1.62. The first kappa shape index (κ1) is 14.8. The molecule has 0 amide bonds. The molecule has 5 heteroatoms. The summed E-state index contributed by atoms with van der Waals surface area (Å²) in [6.07, 6.45) is -3.70. The predicted molar refractivity (Wildman–Crippen MR) is 64.7 cm³/mol. The number of rotatable bonds is 6. The van der Waals surface area contributed by atoms with E-state index in [0.717, 1.165) is 12.6 Å². The van der Waals surface area contributed by atoms with Crippen LogP contribution in [0.15, 0.2) is 24.3 Å². The topological polar surface area (TPSA) is 21.3 Å². The zero-order valence-corrected chi connectivity index (χ0v) is 10.6. The second kappa shape index (κ2) is 6.64. The van der Waals surface area contributed by atoms with Gasteiger partial charge in [0, 0.05) is 6.04 Å². The van der Waals surface area contributed by atoms with Gasteiger partial charge in [-0.1, -0.05) is 19.1 Å². The summed E-state index contributed by atoms with van der Waals surface area (Å²) in [4.78, 5) is 0. The predicted octanol–water partition coefficient (Wildman–Crippen LogP) is 3.47. The van der Waals surface area contributed by atoms with Gasteiger partial charge in [-0.25, -0.2) is 0 Å². The number of halogens is 3. The molecule has 1 aromatic carbocycles. The molecule has 0 aliphatic rings. The molecule has 0 radical (unpaired) electrons. The number of alkyl halides is 3. The number of ether oxygens (including phenoxy) is 1. The minimum absolute atomic E-state index is 0.103. The zero-order chi connectivity index (χ0) is 13.6.